The highest BCUT2D eigenvalue weighted by molar-refractivity contribution is 6.30. The van der Waals surface area contributed by atoms with Gasteiger partial charge in [-0.3, -0.25) is 4.79 Å². The maximum atomic E-state index is 10.6. The first-order valence-electron chi connectivity index (χ1n) is 4.86. The molecule has 0 heterocycles. The molecule has 2 unspecified atom stereocenters. The van der Waals surface area contributed by atoms with Gasteiger partial charge in [0.1, 0.15) is 12.2 Å². The number of hydrogen-bond acceptors (Lipinski definition) is 3. The van der Waals surface area contributed by atoms with Crippen molar-refractivity contribution in [2.24, 2.45) is 0 Å². The van der Waals surface area contributed by atoms with Crippen LogP contribution in [0.1, 0.15) is 18.6 Å². The minimum absolute atomic E-state index is 0.0130. The molecule has 2 atom stereocenters. The van der Waals surface area contributed by atoms with Gasteiger partial charge in [-0.1, -0.05) is 23.7 Å². The number of hydrogen-bond donors (Lipinski definition) is 3. The van der Waals surface area contributed by atoms with Crippen molar-refractivity contribution < 1.29 is 15.0 Å². The van der Waals surface area contributed by atoms with Crippen molar-refractivity contribution in [2.75, 3.05) is 6.54 Å². The number of aliphatic hydroxyl groups excluding tert-OH is 2. The van der Waals surface area contributed by atoms with Crippen LogP contribution in [0, 0.1) is 0 Å². The summed E-state index contributed by atoms with van der Waals surface area (Å²) >= 11 is 5.70. The Kier molecular flexibility index (Phi) is 4.73. The SMILES string of the molecule is CC(=O)NCC(O)C(O)c1ccc(Cl)cc1. The van der Waals surface area contributed by atoms with Crippen LogP contribution in [0.25, 0.3) is 0 Å². The highest BCUT2D eigenvalue weighted by atomic mass is 35.5. The molecule has 16 heavy (non-hydrogen) atoms. The number of nitrogens with one attached hydrogen (secondary N) is 1. The number of carbonyl (C=O) groups excluding carboxylic acids is 1. The summed E-state index contributed by atoms with van der Waals surface area (Å²) in [7, 11) is 0. The van der Waals surface area contributed by atoms with Crippen LogP contribution in [0.4, 0.5) is 0 Å². The zero-order chi connectivity index (χ0) is 12.1. The summed E-state index contributed by atoms with van der Waals surface area (Å²) in [6, 6.07) is 6.52. The van der Waals surface area contributed by atoms with E-state index in [0.29, 0.717) is 10.6 Å². The molecule has 0 saturated carbocycles. The molecule has 0 bridgehead atoms. The van der Waals surface area contributed by atoms with Crippen molar-refractivity contribution in [3.8, 4) is 0 Å². The third kappa shape index (κ3) is 3.81. The normalized spacial score (nSPS) is 14.2. The van der Waals surface area contributed by atoms with E-state index in [2.05, 4.69) is 5.32 Å². The van der Waals surface area contributed by atoms with Gasteiger partial charge in [0.15, 0.2) is 0 Å². The van der Waals surface area contributed by atoms with Gasteiger partial charge in [0.05, 0.1) is 0 Å². The highest BCUT2D eigenvalue weighted by Crippen LogP contribution is 2.18. The van der Waals surface area contributed by atoms with Gasteiger partial charge in [-0.25, -0.2) is 0 Å². The van der Waals surface area contributed by atoms with Crippen molar-refractivity contribution in [1.82, 2.24) is 5.32 Å². The molecule has 1 rings (SSSR count). The van der Waals surface area contributed by atoms with E-state index in [4.69, 9.17) is 11.6 Å². The molecule has 3 N–H and O–H groups in total. The number of benzene rings is 1. The second kappa shape index (κ2) is 5.84. The van der Waals surface area contributed by atoms with E-state index in [-0.39, 0.29) is 12.5 Å². The van der Waals surface area contributed by atoms with Crippen LogP contribution >= 0.6 is 11.6 Å². The summed E-state index contributed by atoms with van der Waals surface area (Å²) in [5.41, 5.74) is 0.558. The average molecular weight is 244 g/mol. The summed E-state index contributed by atoms with van der Waals surface area (Å²) < 4.78 is 0. The van der Waals surface area contributed by atoms with Crippen molar-refractivity contribution >= 4 is 17.5 Å². The molecule has 1 aromatic rings. The fourth-order valence-electron chi connectivity index (χ4n) is 1.24. The Bertz CT molecular complexity index is 353. The quantitative estimate of drug-likeness (QED) is 0.735. The van der Waals surface area contributed by atoms with Gasteiger partial charge < -0.3 is 15.5 Å². The second-order valence-electron chi connectivity index (χ2n) is 3.50. The minimum atomic E-state index is -1.04. The Morgan fingerprint density at radius 2 is 1.94 bits per heavy atom. The lowest BCUT2D eigenvalue weighted by Crippen LogP contribution is -2.34. The molecule has 0 aliphatic carbocycles. The molecule has 0 aliphatic rings. The molecular formula is C11H14ClNO3. The first-order chi connectivity index (χ1) is 7.50. The molecule has 0 aromatic heterocycles. The van der Waals surface area contributed by atoms with Crippen LogP contribution in [0.3, 0.4) is 0 Å². The predicted octanol–water partition coefficient (Wildman–Crippen LogP) is 0.870. The van der Waals surface area contributed by atoms with Gasteiger partial charge in [-0.2, -0.15) is 0 Å². The monoisotopic (exact) mass is 243 g/mol. The van der Waals surface area contributed by atoms with E-state index >= 15 is 0 Å². The first-order valence-corrected chi connectivity index (χ1v) is 5.24. The maximum absolute atomic E-state index is 10.6. The molecule has 5 heteroatoms. The Labute approximate surface area is 98.9 Å². The summed E-state index contributed by atoms with van der Waals surface area (Å²) in [6.07, 6.45) is -2.07. The number of carbonyl (C=O) groups is 1. The topological polar surface area (TPSA) is 69.6 Å². The molecule has 0 radical (unpaired) electrons. The fourth-order valence-corrected chi connectivity index (χ4v) is 1.37. The number of aliphatic hydroxyl groups is 2. The lowest BCUT2D eigenvalue weighted by atomic mass is 10.0. The predicted molar refractivity (Wildman–Crippen MR) is 61.1 cm³/mol. The smallest absolute Gasteiger partial charge is 0.216 e. The number of rotatable bonds is 4. The highest BCUT2D eigenvalue weighted by Gasteiger charge is 2.18. The van der Waals surface area contributed by atoms with Crippen molar-refractivity contribution in [3.63, 3.8) is 0 Å². The van der Waals surface area contributed by atoms with Gasteiger partial charge in [0.2, 0.25) is 5.91 Å². The van der Waals surface area contributed by atoms with Crippen LogP contribution in [0.5, 0.6) is 0 Å². The molecule has 4 nitrogen and oxygen atoms in total. The van der Waals surface area contributed by atoms with E-state index < -0.39 is 12.2 Å². The van der Waals surface area contributed by atoms with E-state index in [9.17, 15) is 15.0 Å². The van der Waals surface area contributed by atoms with Gasteiger partial charge in [-0.05, 0) is 17.7 Å². The molecule has 1 aromatic carbocycles. The standard InChI is InChI=1S/C11H14ClNO3/c1-7(14)13-6-10(15)11(16)8-2-4-9(12)5-3-8/h2-5,10-11,15-16H,6H2,1H3,(H,13,14). The van der Waals surface area contributed by atoms with Gasteiger partial charge in [0.25, 0.3) is 0 Å². The molecule has 88 valence electrons. The molecular weight excluding hydrogens is 230 g/mol. The molecule has 0 aliphatic heterocycles. The van der Waals surface area contributed by atoms with E-state index in [1.165, 1.54) is 6.92 Å². The lowest BCUT2D eigenvalue weighted by molar-refractivity contribution is -0.119. The van der Waals surface area contributed by atoms with E-state index in [1.807, 2.05) is 0 Å². The van der Waals surface area contributed by atoms with Crippen molar-refractivity contribution in [3.05, 3.63) is 34.9 Å². The molecule has 0 spiro atoms. The van der Waals surface area contributed by atoms with Crippen LogP contribution in [0.15, 0.2) is 24.3 Å². The van der Waals surface area contributed by atoms with E-state index in [1.54, 1.807) is 24.3 Å². The van der Waals surface area contributed by atoms with Gasteiger partial charge in [0, 0.05) is 18.5 Å². The maximum Gasteiger partial charge on any atom is 0.216 e. The Hall–Kier alpha value is -1.10. The van der Waals surface area contributed by atoms with Crippen LogP contribution in [0.2, 0.25) is 5.02 Å². The summed E-state index contributed by atoms with van der Waals surface area (Å²) in [4.78, 5) is 10.6. The zero-order valence-corrected chi connectivity index (χ0v) is 9.61. The van der Waals surface area contributed by atoms with E-state index in [0.717, 1.165) is 0 Å². The Morgan fingerprint density at radius 3 is 2.44 bits per heavy atom. The molecule has 1 amide bonds. The average Bonchev–Trinajstić information content (AvgIpc) is 2.26. The number of halogens is 1. The number of amides is 1. The van der Waals surface area contributed by atoms with Crippen LogP contribution in [-0.2, 0) is 4.79 Å². The minimum Gasteiger partial charge on any atom is -0.388 e. The third-order valence-electron chi connectivity index (χ3n) is 2.14. The van der Waals surface area contributed by atoms with Crippen LogP contribution < -0.4 is 5.32 Å². The van der Waals surface area contributed by atoms with Crippen molar-refractivity contribution in [2.45, 2.75) is 19.1 Å². The third-order valence-corrected chi connectivity index (χ3v) is 2.39. The largest absolute Gasteiger partial charge is 0.388 e. The summed E-state index contributed by atoms with van der Waals surface area (Å²) in [5, 5.41) is 22.3. The molecule has 0 fully saturated rings. The molecule has 0 saturated heterocycles. The van der Waals surface area contributed by atoms with Gasteiger partial charge >= 0.3 is 0 Å². The Balaban J connectivity index is 2.59. The first kappa shape index (κ1) is 13.0. The summed E-state index contributed by atoms with van der Waals surface area (Å²) in [6.45, 7) is 1.36. The fraction of sp³-hybridized carbons (Fsp3) is 0.364. The zero-order valence-electron chi connectivity index (χ0n) is 8.85. The Morgan fingerprint density at radius 1 is 1.38 bits per heavy atom. The van der Waals surface area contributed by atoms with Crippen molar-refractivity contribution in [1.29, 1.82) is 0 Å². The second-order valence-corrected chi connectivity index (χ2v) is 3.94. The summed E-state index contributed by atoms with van der Waals surface area (Å²) in [5.74, 6) is -0.248. The van der Waals surface area contributed by atoms with Crippen LogP contribution in [-0.4, -0.2) is 28.8 Å². The van der Waals surface area contributed by atoms with Gasteiger partial charge in [-0.15, -0.1) is 0 Å². The lowest BCUT2D eigenvalue weighted by Gasteiger charge is -2.18.